The number of ether oxygens (including phenoxy) is 2. The van der Waals surface area contributed by atoms with E-state index in [9.17, 15) is 4.79 Å². The molecule has 0 saturated carbocycles. The van der Waals surface area contributed by atoms with Crippen LogP contribution in [-0.2, 0) is 4.79 Å². The molecule has 28 heavy (non-hydrogen) atoms. The maximum Gasteiger partial charge on any atom is 0.241 e. The Balaban J connectivity index is 1.37. The Morgan fingerprint density at radius 3 is 2.29 bits per heavy atom. The molecule has 0 aromatic heterocycles. The van der Waals surface area contributed by atoms with Crippen molar-refractivity contribution in [3.63, 3.8) is 0 Å². The molecule has 0 spiro atoms. The molecule has 1 aliphatic rings. The second-order valence-electron chi connectivity index (χ2n) is 6.93. The van der Waals surface area contributed by atoms with Gasteiger partial charge in [-0.2, -0.15) is 0 Å². The highest BCUT2D eigenvalue weighted by Gasteiger charge is 2.25. The molecule has 1 fully saturated rings. The first-order valence-corrected chi connectivity index (χ1v) is 9.75. The average molecular weight is 383 g/mol. The quantitative estimate of drug-likeness (QED) is 0.760. The van der Waals surface area contributed by atoms with E-state index >= 15 is 0 Å². The first-order valence-electron chi connectivity index (χ1n) is 9.75. The number of carbonyl (C=O) groups is 1. The molecule has 1 N–H and O–H groups in total. The Bertz CT molecular complexity index is 728. The third-order valence-corrected chi connectivity index (χ3v) is 5.11. The summed E-state index contributed by atoms with van der Waals surface area (Å²) in [5, 5.41) is 2.99. The SMILES string of the molecule is COc1ccc(OCCN2CCN([C@@H](C)C(=O)Nc3ccccc3)CC2)cc1. The van der Waals surface area contributed by atoms with Crippen LogP contribution in [0.3, 0.4) is 0 Å². The number of piperazine rings is 1. The number of methoxy groups -OCH3 is 1. The maximum atomic E-state index is 12.5. The lowest BCUT2D eigenvalue weighted by atomic mass is 10.2. The van der Waals surface area contributed by atoms with Crippen LogP contribution >= 0.6 is 0 Å². The summed E-state index contributed by atoms with van der Waals surface area (Å²) in [6.45, 7) is 7.14. The predicted molar refractivity (Wildman–Crippen MR) is 111 cm³/mol. The number of nitrogens with one attached hydrogen (secondary N) is 1. The van der Waals surface area contributed by atoms with Crippen molar-refractivity contribution in [2.24, 2.45) is 0 Å². The summed E-state index contributed by atoms with van der Waals surface area (Å²) in [6.07, 6.45) is 0. The lowest BCUT2D eigenvalue weighted by molar-refractivity contribution is -0.121. The molecule has 1 atom stereocenters. The van der Waals surface area contributed by atoms with Crippen molar-refractivity contribution in [3.8, 4) is 11.5 Å². The monoisotopic (exact) mass is 383 g/mol. The maximum absolute atomic E-state index is 12.5. The molecule has 1 amide bonds. The third kappa shape index (κ3) is 5.71. The fourth-order valence-electron chi connectivity index (χ4n) is 3.27. The van der Waals surface area contributed by atoms with E-state index in [1.54, 1.807) is 7.11 Å². The molecule has 1 aliphatic heterocycles. The van der Waals surface area contributed by atoms with Crippen LogP contribution in [-0.4, -0.2) is 68.2 Å². The van der Waals surface area contributed by atoms with E-state index in [1.165, 1.54) is 0 Å². The van der Waals surface area contributed by atoms with Crippen LogP contribution in [0.2, 0.25) is 0 Å². The molecule has 0 aliphatic carbocycles. The highest BCUT2D eigenvalue weighted by atomic mass is 16.5. The molecule has 1 heterocycles. The number of nitrogens with zero attached hydrogens (tertiary/aromatic N) is 2. The van der Waals surface area contributed by atoms with Gasteiger partial charge in [0.15, 0.2) is 0 Å². The van der Waals surface area contributed by atoms with Crippen LogP contribution in [0, 0.1) is 0 Å². The summed E-state index contributed by atoms with van der Waals surface area (Å²) in [7, 11) is 1.65. The zero-order valence-electron chi connectivity index (χ0n) is 16.6. The fourth-order valence-corrected chi connectivity index (χ4v) is 3.27. The van der Waals surface area contributed by atoms with Crippen LogP contribution in [0.25, 0.3) is 0 Å². The minimum Gasteiger partial charge on any atom is -0.497 e. The van der Waals surface area contributed by atoms with Crippen LogP contribution in [0.15, 0.2) is 54.6 Å². The van der Waals surface area contributed by atoms with E-state index in [0.29, 0.717) is 6.61 Å². The largest absolute Gasteiger partial charge is 0.497 e. The topological polar surface area (TPSA) is 54.0 Å². The first kappa shape index (κ1) is 20.2. The standard InChI is InChI=1S/C22H29N3O3/c1-18(22(26)23-19-6-4-3-5-7-19)25-14-12-24(13-15-25)16-17-28-21-10-8-20(27-2)9-11-21/h3-11,18H,12-17H2,1-2H3,(H,23,26)/t18-/m0/s1. The van der Waals surface area contributed by atoms with Gasteiger partial charge < -0.3 is 14.8 Å². The molecule has 1 saturated heterocycles. The highest BCUT2D eigenvalue weighted by Crippen LogP contribution is 2.17. The number of carbonyl (C=O) groups excluding carboxylic acids is 1. The van der Waals surface area contributed by atoms with Crippen LogP contribution in [0.1, 0.15) is 6.92 Å². The summed E-state index contributed by atoms with van der Waals surface area (Å²) in [4.78, 5) is 17.1. The van der Waals surface area contributed by atoms with Crippen LogP contribution in [0.5, 0.6) is 11.5 Å². The summed E-state index contributed by atoms with van der Waals surface area (Å²) in [5.41, 5.74) is 0.841. The Morgan fingerprint density at radius 1 is 1.00 bits per heavy atom. The van der Waals surface area contributed by atoms with Gasteiger partial charge in [-0.05, 0) is 43.3 Å². The minimum atomic E-state index is -0.141. The number of rotatable bonds is 8. The highest BCUT2D eigenvalue weighted by molar-refractivity contribution is 5.94. The Kier molecular flexibility index (Phi) is 7.28. The van der Waals surface area contributed by atoms with E-state index in [0.717, 1.165) is 49.9 Å². The zero-order chi connectivity index (χ0) is 19.8. The number of hydrogen-bond acceptors (Lipinski definition) is 5. The minimum absolute atomic E-state index is 0.0440. The van der Waals surface area contributed by atoms with Crippen molar-refractivity contribution in [2.75, 3.05) is 51.8 Å². The molecule has 0 radical (unpaired) electrons. The first-order chi connectivity index (χ1) is 13.7. The van der Waals surface area contributed by atoms with Crippen molar-refractivity contribution in [1.82, 2.24) is 9.80 Å². The van der Waals surface area contributed by atoms with Crippen molar-refractivity contribution < 1.29 is 14.3 Å². The number of benzene rings is 2. The molecule has 0 bridgehead atoms. The lowest BCUT2D eigenvalue weighted by Crippen LogP contribution is -2.53. The van der Waals surface area contributed by atoms with Gasteiger partial charge in [0.05, 0.1) is 13.2 Å². The Labute approximate surface area is 167 Å². The van der Waals surface area contributed by atoms with E-state index < -0.39 is 0 Å². The Hall–Kier alpha value is -2.57. The molecule has 6 heteroatoms. The summed E-state index contributed by atoms with van der Waals surface area (Å²) in [5.74, 6) is 1.72. The van der Waals surface area contributed by atoms with Crippen molar-refractivity contribution in [3.05, 3.63) is 54.6 Å². The Morgan fingerprint density at radius 2 is 1.64 bits per heavy atom. The predicted octanol–water partition coefficient (Wildman–Crippen LogP) is 2.72. The normalized spacial score (nSPS) is 16.4. The zero-order valence-corrected chi connectivity index (χ0v) is 16.6. The number of amides is 1. The average Bonchev–Trinajstić information content (AvgIpc) is 2.75. The molecular weight excluding hydrogens is 354 g/mol. The third-order valence-electron chi connectivity index (χ3n) is 5.11. The van der Waals surface area contributed by atoms with Gasteiger partial charge in [-0.15, -0.1) is 0 Å². The van der Waals surface area contributed by atoms with E-state index in [-0.39, 0.29) is 11.9 Å². The summed E-state index contributed by atoms with van der Waals surface area (Å²) in [6, 6.07) is 17.1. The molecule has 2 aromatic carbocycles. The smallest absolute Gasteiger partial charge is 0.241 e. The molecule has 150 valence electrons. The summed E-state index contributed by atoms with van der Waals surface area (Å²) < 4.78 is 11.0. The van der Waals surface area contributed by atoms with Gasteiger partial charge in [-0.25, -0.2) is 0 Å². The van der Waals surface area contributed by atoms with Gasteiger partial charge in [0.1, 0.15) is 18.1 Å². The lowest BCUT2D eigenvalue weighted by Gasteiger charge is -2.37. The van der Waals surface area contributed by atoms with Crippen LogP contribution in [0.4, 0.5) is 5.69 Å². The van der Waals surface area contributed by atoms with Gasteiger partial charge in [-0.3, -0.25) is 14.6 Å². The summed E-state index contributed by atoms with van der Waals surface area (Å²) >= 11 is 0. The van der Waals surface area contributed by atoms with Crippen LogP contribution < -0.4 is 14.8 Å². The molecule has 6 nitrogen and oxygen atoms in total. The number of para-hydroxylation sites is 1. The molecule has 2 aromatic rings. The molecule has 3 rings (SSSR count). The molecule has 0 unspecified atom stereocenters. The van der Waals surface area contributed by atoms with E-state index in [1.807, 2.05) is 61.5 Å². The number of anilines is 1. The second kappa shape index (κ2) is 10.1. The van der Waals surface area contributed by atoms with Gasteiger partial charge >= 0.3 is 0 Å². The van der Waals surface area contributed by atoms with E-state index in [4.69, 9.17) is 9.47 Å². The second-order valence-corrected chi connectivity index (χ2v) is 6.93. The van der Waals surface area contributed by atoms with Crippen molar-refractivity contribution >= 4 is 11.6 Å². The van der Waals surface area contributed by atoms with E-state index in [2.05, 4.69) is 15.1 Å². The van der Waals surface area contributed by atoms with Gasteiger partial charge in [-0.1, -0.05) is 18.2 Å². The van der Waals surface area contributed by atoms with Gasteiger partial charge in [0.25, 0.3) is 0 Å². The van der Waals surface area contributed by atoms with Gasteiger partial charge in [0.2, 0.25) is 5.91 Å². The van der Waals surface area contributed by atoms with Gasteiger partial charge in [0, 0.05) is 38.4 Å². The van der Waals surface area contributed by atoms with Crippen molar-refractivity contribution in [1.29, 1.82) is 0 Å². The number of hydrogen-bond donors (Lipinski definition) is 1. The fraction of sp³-hybridized carbons (Fsp3) is 0.409. The van der Waals surface area contributed by atoms with Crippen molar-refractivity contribution in [2.45, 2.75) is 13.0 Å². The molecular formula is C22H29N3O3.